The van der Waals surface area contributed by atoms with E-state index in [0.717, 1.165) is 22.3 Å². The molecular weight excluding hydrogens is 344 g/mol. The van der Waals surface area contributed by atoms with Crippen LogP contribution in [-0.4, -0.2) is 5.78 Å². The van der Waals surface area contributed by atoms with Gasteiger partial charge in [-0.15, -0.1) is 0 Å². The van der Waals surface area contributed by atoms with Crippen LogP contribution in [0.25, 0.3) is 22.3 Å². The van der Waals surface area contributed by atoms with Crippen molar-refractivity contribution in [1.29, 1.82) is 0 Å². The van der Waals surface area contributed by atoms with E-state index in [1.165, 1.54) is 0 Å². The van der Waals surface area contributed by atoms with Crippen LogP contribution in [-0.2, 0) is 0 Å². The summed E-state index contributed by atoms with van der Waals surface area (Å²) >= 11 is 0. The van der Waals surface area contributed by atoms with Crippen LogP contribution in [0.5, 0.6) is 0 Å². The minimum atomic E-state index is -0.0802. The van der Waals surface area contributed by atoms with Gasteiger partial charge in [0.2, 0.25) is 0 Å². The number of carbonyl (C=O) groups is 1. The van der Waals surface area contributed by atoms with Crippen LogP contribution < -0.4 is 11.5 Å². The lowest BCUT2D eigenvalue weighted by molar-refractivity contribution is 0.103. The van der Waals surface area contributed by atoms with Crippen molar-refractivity contribution in [3.63, 3.8) is 0 Å². The quantitative estimate of drug-likeness (QED) is 0.375. The van der Waals surface area contributed by atoms with E-state index < -0.39 is 0 Å². The number of anilines is 2. The molecule has 3 nitrogen and oxygen atoms in total. The van der Waals surface area contributed by atoms with Crippen molar-refractivity contribution in [2.75, 3.05) is 11.5 Å². The van der Waals surface area contributed by atoms with Gasteiger partial charge in [-0.3, -0.25) is 4.79 Å². The van der Waals surface area contributed by atoms with Gasteiger partial charge in [-0.2, -0.15) is 0 Å². The zero-order chi connectivity index (χ0) is 19.5. The van der Waals surface area contributed by atoms with E-state index >= 15 is 0 Å². The largest absolute Gasteiger partial charge is 0.397 e. The molecule has 0 aliphatic heterocycles. The van der Waals surface area contributed by atoms with Crippen molar-refractivity contribution < 1.29 is 4.79 Å². The van der Waals surface area contributed by atoms with Gasteiger partial charge in [0, 0.05) is 22.3 Å². The van der Waals surface area contributed by atoms with E-state index in [1.54, 1.807) is 6.07 Å². The number of rotatable bonds is 4. The van der Waals surface area contributed by atoms with E-state index in [1.807, 2.05) is 91.0 Å². The molecule has 0 aromatic heterocycles. The van der Waals surface area contributed by atoms with Gasteiger partial charge in [-0.25, -0.2) is 0 Å². The third kappa shape index (κ3) is 3.14. The Morgan fingerprint density at radius 2 is 1.07 bits per heavy atom. The molecule has 0 fully saturated rings. The molecule has 0 atom stereocenters. The van der Waals surface area contributed by atoms with Crippen LogP contribution in [0.4, 0.5) is 11.4 Å². The van der Waals surface area contributed by atoms with Crippen molar-refractivity contribution >= 4 is 17.2 Å². The smallest absolute Gasteiger partial charge is 0.193 e. The molecule has 0 spiro atoms. The molecule has 0 heterocycles. The highest BCUT2D eigenvalue weighted by atomic mass is 16.1. The van der Waals surface area contributed by atoms with Crippen molar-refractivity contribution in [2.24, 2.45) is 0 Å². The Morgan fingerprint density at radius 3 is 1.61 bits per heavy atom. The number of hydrogen-bond donors (Lipinski definition) is 2. The van der Waals surface area contributed by atoms with E-state index in [-0.39, 0.29) is 5.78 Å². The molecule has 0 aliphatic carbocycles. The third-order valence-electron chi connectivity index (χ3n) is 4.81. The normalized spacial score (nSPS) is 10.6. The summed E-state index contributed by atoms with van der Waals surface area (Å²) in [6.07, 6.45) is 0. The molecule has 0 saturated carbocycles. The second-order valence-electron chi connectivity index (χ2n) is 6.60. The molecule has 0 aliphatic rings. The van der Waals surface area contributed by atoms with Gasteiger partial charge < -0.3 is 11.5 Å². The van der Waals surface area contributed by atoms with Gasteiger partial charge in [0.1, 0.15) is 0 Å². The maximum absolute atomic E-state index is 13.4. The molecule has 0 saturated heterocycles. The van der Waals surface area contributed by atoms with Crippen LogP contribution in [0.2, 0.25) is 0 Å². The second-order valence-corrected chi connectivity index (χ2v) is 6.60. The summed E-state index contributed by atoms with van der Waals surface area (Å²) in [7, 11) is 0. The predicted octanol–water partition coefficient (Wildman–Crippen LogP) is 5.42. The first-order valence-corrected chi connectivity index (χ1v) is 9.09. The molecule has 0 unspecified atom stereocenters. The highest BCUT2D eigenvalue weighted by Gasteiger charge is 2.22. The Balaban J connectivity index is 2.07. The molecule has 0 amide bonds. The molecule has 136 valence electrons. The van der Waals surface area contributed by atoms with Gasteiger partial charge in [0.25, 0.3) is 0 Å². The Morgan fingerprint density at radius 1 is 0.607 bits per heavy atom. The van der Waals surface area contributed by atoms with Gasteiger partial charge in [0.15, 0.2) is 5.78 Å². The van der Waals surface area contributed by atoms with E-state index in [9.17, 15) is 4.79 Å². The first kappa shape index (κ1) is 17.6. The third-order valence-corrected chi connectivity index (χ3v) is 4.81. The van der Waals surface area contributed by atoms with Crippen LogP contribution in [0.15, 0.2) is 97.1 Å². The zero-order valence-electron chi connectivity index (χ0n) is 15.3. The molecule has 0 radical (unpaired) electrons. The fourth-order valence-corrected chi connectivity index (χ4v) is 3.45. The summed E-state index contributed by atoms with van der Waals surface area (Å²) in [4.78, 5) is 13.4. The second kappa shape index (κ2) is 7.41. The van der Waals surface area contributed by atoms with E-state index in [0.29, 0.717) is 22.5 Å². The number of nitrogens with two attached hydrogens (primary N) is 2. The molecule has 4 rings (SSSR count). The first-order valence-electron chi connectivity index (χ1n) is 9.09. The van der Waals surface area contributed by atoms with Crippen LogP contribution in [0.3, 0.4) is 0 Å². The highest BCUT2D eigenvalue weighted by Crippen LogP contribution is 2.42. The molecule has 4 N–H and O–H groups in total. The topological polar surface area (TPSA) is 69.1 Å². The van der Waals surface area contributed by atoms with Gasteiger partial charge in [-0.1, -0.05) is 91.0 Å². The summed E-state index contributed by atoms with van der Waals surface area (Å²) in [6, 6.07) is 30.6. The van der Waals surface area contributed by atoms with Crippen LogP contribution in [0, 0.1) is 0 Å². The fraction of sp³-hybridized carbons (Fsp3) is 0. The number of ketones is 1. The van der Waals surface area contributed by atoms with Gasteiger partial charge in [-0.05, 0) is 17.2 Å². The first-order chi connectivity index (χ1) is 13.7. The maximum Gasteiger partial charge on any atom is 0.193 e. The highest BCUT2D eigenvalue weighted by molar-refractivity contribution is 6.17. The monoisotopic (exact) mass is 364 g/mol. The van der Waals surface area contributed by atoms with Crippen molar-refractivity contribution in [1.82, 2.24) is 0 Å². The lowest BCUT2D eigenvalue weighted by Gasteiger charge is -2.19. The standard InChI is InChI=1S/C25H20N2O/c26-21-16-20(25(28)19-14-8-3-9-15-19)22(17-10-4-1-5-11-17)23(24(21)27)18-12-6-2-7-13-18/h1-16H,26-27H2. The zero-order valence-corrected chi connectivity index (χ0v) is 15.3. The van der Waals surface area contributed by atoms with E-state index in [4.69, 9.17) is 11.5 Å². The minimum Gasteiger partial charge on any atom is -0.397 e. The summed E-state index contributed by atoms with van der Waals surface area (Å²) in [5, 5.41) is 0. The predicted molar refractivity (Wildman–Crippen MR) is 116 cm³/mol. The Hall–Kier alpha value is -3.85. The molecule has 4 aromatic rings. The summed E-state index contributed by atoms with van der Waals surface area (Å²) in [5.74, 6) is -0.0802. The van der Waals surface area contributed by atoms with Crippen LogP contribution >= 0.6 is 0 Å². The molecule has 3 heteroatoms. The van der Waals surface area contributed by atoms with Crippen LogP contribution in [0.1, 0.15) is 15.9 Å². The van der Waals surface area contributed by atoms with Crippen molar-refractivity contribution in [2.45, 2.75) is 0 Å². The average Bonchev–Trinajstić information content (AvgIpc) is 2.76. The SMILES string of the molecule is Nc1cc(C(=O)c2ccccc2)c(-c2ccccc2)c(-c2ccccc2)c1N. The van der Waals surface area contributed by atoms with E-state index in [2.05, 4.69) is 0 Å². The van der Waals surface area contributed by atoms with Crippen molar-refractivity contribution in [3.05, 3.63) is 108 Å². The van der Waals surface area contributed by atoms with Crippen molar-refractivity contribution in [3.8, 4) is 22.3 Å². The Bertz CT molecular complexity index is 1120. The summed E-state index contributed by atoms with van der Waals surface area (Å²) in [5.41, 5.74) is 18.1. The minimum absolute atomic E-state index is 0.0802. The summed E-state index contributed by atoms with van der Waals surface area (Å²) in [6.45, 7) is 0. The Labute approximate surface area is 164 Å². The lowest BCUT2D eigenvalue weighted by atomic mass is 9.85. The molecule has 28 heavy (non-hydrogen) atoms. The number of benzene rings is 4. The molecule has 4 aromatic carbocycles. The number of nitrogen functional groups attached to an aromatic ring is 2. The summed E-state index contributed by atoms with van der Waals surface area (Å²) < 4.78 is 0. The number of hydrogen-bond acceptors (Lipinski definition) is 3. The molecule has 0 bridgehead atoms. The van der Waals surface area contributed by atoms with Gasteiger partial charge in [0.05, 0.1) is 11.4 Å². The fourth-order valence-electron chi connectivity index (χ4n) is 3.45. The van der Waals surface area contributed by atoms with Gasteiger partial charge >= 0.3 is 0 Å². The maximum atomic E-state index is 13.4. The molecular formula is C25H20N2O. The lowest BCUT2D eigenvalue weighted by Crippen LogP contribution is -2.09. The number of carbonyl (C=O) groups excluding carboxylic acids is 1. The average molecular weight is 364 g/mol. The Kier molecular flexibility index (Phi) is 4.65.